The van der Waals surface area contributed by atoms with E-state index in [-0.39, 0.29) is 19.6 Å². The number of fused-ring (bicyclic) bond motifs is 3. The van der Waals surface area contributed by atoms with Crippen LogP contribution in [0.25, 0.3) is 21.8 Å². The molecule has 1 N–H and O–H groups in total. The molecule has 1 amide bonds. The van der Waals surface area contributed by atoms with Crippen molar-refractivity contribution in [1.29, 1.82) is 0 Å². The second kappa shape index (κ2) is 6.23. The number of aromatic nitrogens is 1. The van der Waals surface area contributed by atoms with Crippen LogP contribution in [0.15, 0.2) is 36.4 Å². The van der Waals surface area contributed by atoms with Crippen molar-refractivity contribution in [2.24, 2.45) is 0 Å². The summed E-state index contributed by atoms with van der Waals surface area (Å²) in [6, 6.07) is 8.11. The van der Waals surface area contributed by atoms with Crippen molar-refractivity contribution in [2.45, 2.75) is 25.0 Å². The van der Waals surface area contributed by atoms with E-state index in [1.807, 2.05) is 0 Å². The van der Waals surface area contributed by atoms with Crippen molar-refractivity contribution in [1.82, 2.24) is 9.47 Å². The third-order valence-electron chi connectivity index (χ3n) is 4.91. The van der Waals surface area contributed by atoms with E-state index in [9.17, 15) is 27.5 Å². The van der Waals surface area contributed by atoms with Gasteiger partial charge in [0.25, 0.3) is 5.91 Å². The molecular formula is C19H16F4N2O2. The molecule has 8 heteroatoms. The molecule has 1 fully saturated rings. The van der Waals surface area contributed by atoms with Gasteiger partial charge in [0.1, 0.15) is 11.6 Å². The molecule has 0 unspecified atom stereocenters. The van der Waals surface area contributed by atoms with Crippen LogP contribution in [0.5, 0.6) is 0 Å². The summed E-state index contributed by atoms with van der Waals surface area (Å²) in [4.78, 5) is 12.6. The number of benzene rings is 2. The number of carbonyl (C=O) groups is 1. The molecule has 1 aliphatic rings. The molecule has 0 aliphatic carbocycles. The third kappa shape index (κ3) is 3.03. The molecule has 1 atom stereocenters. The van der Waals surface area contributed by atoms with E-state index in [2.05, 4.69) is 0 Å². The van der Waals surface area contributed by atoms with Gasteiger partial charge in [0.2, 0.25) is 0 Å². The van der Waals surface area contributed by atoms with Crippen molar-refractivity contribution in [2.75, 3.05) is 13.1 Å². The van der Waals surface area contributed by atoms with Crippen LogP contribution in [0.4, 0.5) is 17.6 Å². The molecule has 4 nitrogen and oxygen atoms in total. The molecular weight excluding hydrogens is 364 g/mol. The summed E-state index contributed by atoms with van der Waals surface area (Å²) in [6.45, 7) is -0.364. The molecule has 0 radical (unpaired) electrons. The van der Waals surface area contributed by atoms with Gasteiger partial charge >= 0.3 is 5.92 Å². The van der Waals surface area contributed by atoms with E-state index < -0.39 is 36.0 Å². The number of rotatable bonds is 4. The van der Waals surface area contributed by atoms with E-state index in [1.54, 1.807) is 4.57 Å². The number of nitrogens with zero attached hydrogens (tertiary/aromatic N) is 2. The number of carbonyl (C=O) groups excluding carboxylic acids is 1. The van der Waals surface area contributed by atoms with Gasteiger partial charge in [-0.2, -0.15) is 8.78 Å². The monoisotopic (exact) mass is 380 g/mol. The van der Waals surface area contributed by atoms with E-state index in [0.29, 0.717) is 21.8 Å². The number of β-amino-alcohol motifs (C(OH)–C–C–N with tert-alkyl or cyclic N) is 1. The molecule has 142 valence electrons. The second-order valence-corrected chi connectivity index (χ2v) is 6.79. The van der Waals surface area contributed by atoms with Crippen LogP contribution in [-0.4, -0.2) is 45.6 Å². The van der Waals surface area contributed by atoms with E-state index in [1.165, 1.54) is 36.4 Å². The maximum atomic E-state index is 13.7. The Morgan fingerprint density at radius 3 is 2.04 bits per heavy atom. The van der Waals surface area contributed by atoms with E-state index in [0.717, 1.165) is 4.90 Å². The lowest BCUT2D eigenvalue weighted by atomic mass is 10.1. The first-order chi connectivity index (χ1) is 12.8. The SMILES string of the molecule is O=C1N(C[C@@H](O)Cn2c3ccc(F)cc3c3cc(F)ccc32)CCC1(F)F. The molecule has 27 heavy (non-hydrogen) atoms. The average molecular weight is 380 g/mol. The first-order valence-corrected chi connectivity index (χ1v) is 8.48. The van der Waals surface area contributed by atoms with Crippen molar-refractivity contribution in [3.63, 3.8) is 0 Å². The first-order valence-electron chi connectivity index (χ1n) is 8.48. The number of aliphatic hydroxyl groups excluding tert-OH is 1. The normalized spacial score (nSPS) is 18.0. The van der Waals surface area contributed by atoms with Gasteiger partial charge in [0, 0.05) is 41.3 Å². The lowest BCUT2D eigenvalue weighted by molar-refractivity contribution is -0.148. The van der Waals surface area contributed by atoms with Gasteiger partial charge in [-0.05, 0) is 36.4 Å². The van der Waals surface area contributed by atoms with Gasteiger partial charge < -0.3 is 14.6 Å². The highest BCUT2D eigenvalue weighted by Crippen LogP contribution is 2.31. The largest absolute Gasteiger partial charge is 0.389 e. The number of hydrogen-bond donors (Lipinski definition) is 1. The number of hydrogen-bond acceptors (Lipinski definition) is 2. The Morgan fingerprint density at radius 2 is 1.56 bits per heavy atom. The highest BCUT2D eigenvalue weighted by Gasteiger charge is 2.48. The summed E-state index contributed by atoms with van der Waals surface area (Å²) in [7, 11) is 0. The van der Waals surface area contributed by atoms with E-state index >= 15 is 0 Å². The second-order valence-electron chi connectivity index (χ2n) is 6.79. The number of alkyl halides is 2. The van der Waals surface area contributed by atoms with Crippen molar-refractivity contribution >= 4 is 27.7 Å². The average Bonchev–Trinajstić information content (AvgIpc) is 3.03. The van der Waals surface area contributed by atoms with Crippen LogP contribution in [-0.2, 0) is 11.3 Å². The molecule has 2 aromatic carbocycles. The Morgan fingerprint density at radius 1 is 1.00 bits per heavy atom. The van der Waals surface area contributed by atoms with Crippen molar-refractivity contribution in [3.8, 4) is 0 Å². The minimum Gasteiger partial charge on any atom is -0.389 e. The molecule has 0 spiro atoms. The zero-order chi connectivity index (χ0) is 19.3. The molecule has 1 aliphatic heterocycles. The number of aliphatic hydroxyl groups is 1. The minimum absolute atomic E-state index is 0.00733. The fraction of sp³-hybridized carbons (Fsp3) is 0.316. The third-order valence-corrected chi connectivity index (χ3v) is 4.91. The Bertz CT molecular complexity index is 988. The van der Waals surface area contributed by atoms with Crippen LogP contribution in [0.1, 0.15) is 6.42 Å². The highest BCUT2D eigenvalue weighted by atomic mass is 19.3. The van der Waals surface area contributed by atoms with Gasteiger partial charge in [0.05, 0.1) is 12.6 Å². The summed E-state index contributed by atoms with van der Waals surface area (Å²) in [5.41, 5.74) is 1.16. The maximum absolute atomic E-state index is 13.7. The molecule has 1 aromatic heterocycles. The molecule has 1 saturated heterocycles. The van der Waals surface area contributed by atoms with E-state index in [4.69, 9.17) is 0 Å². The Kier molecular flexibility index (Phi) is 4.10. The summed E-state index contributed by atoms with van der Waals surface area (Å²) in [5.74, 6) is -5.62. The predicted molar refractivity (Wildman–Crippen MR) is 91.5 cm³/mol. The Hall–Kier alpha value is -2.61. The maximum Gasteiger partial charge on any atom is 0.326 e. The molecule has 0 bridgehead atoms. The fourth-order valence-electron chi connectivity index (χ4n) is 3.66. The fourth-order valence-corrected chi connectivity index (χ4v) is 3.66. The smallest absolute Gasteiger partial charge is 0.326 e. The molecule has 2 heterocycles. The van der Waals surface area contributed by atoms with Gasteiger partial charge in [-0.15, -0.1) is 0 Å². The van der Waals surface area contributed by atoms with Crippen molar-refractivity contribution in [3.05, 3.63) is 48.0 Å². The van der Waals surface area contributed by atoms with Gasteiger partial charge in [-0.1, -0.05) is 0 Å². The van der Waals surface area contributed by atoms with Crippen molar-refractivity contribution < 1.29 is 27.5 Å². The Balaban J connectivity index is 1.68. The number of likely N-dealkylation sites (tertiary alicyclic amines) is 1. The first kappa shape index (κ1) is 17.8. The molecule has 4 rings (SSSR count). The van der Waals surface area contributed by atoms with Gasteiger partial charge in [-0.25, -0.2) is 8.78 Å². The zero-order valence-electron chi connectivity index (χ0n) is 14.1. The van der Waals surface area contributed by atoms with Crippen LogP contribution < -0.4 is 0 Å². The lowest BCUT2D eigenvalue weighted by Crippen LogP contribution is -2.39. The highest BCUT2D eigenvalue weighted by molar-refractivity contribution is 6.08. The van der Waals surface area contributed by atoms with Crippen LogP contribution in [0.3, 0.4) is 0 Å². The summed E-state index contributed by atoms with van der Waals surface area (Å²) >= 11 is 0. The minimum atomic E-state index is -3.39. The predicted octanol–water partition coefficient (Wildman–Crippen LogP) is 3.30. The topological polar surface area (TPSA) is 45.5 Å². The van der Waals surface area contributed by atoms with Crippen LogP contribution in [0, 0.1) is 11.6 Å². The van der Waals surface area contributed by atoms with Gasteiger partial charge in [0.15, 0.2) is 0 Å². The standard InChI is InChI=1S/C19H16F4N2O2/c20-11-1-3-16-14(7-11)15-8-12(21)2-4-17(15)25(16)10-13(26)9-24-6-5-19(22,23)18(24)27/h1-4,7-8,13,26H,5-6,9-10H2/t13-/m1/s1. The number of amides is 1. The lowest BCUT2D eigenvalue weighted by Gasteiger charge is -2.21. The quantitative estimate of drug-likeness (QED) is 0.706. The van der Waals surface area contributed by atoms with Gasteiger partial charge in [-0.3, -0.25) is 4.79 Å². The molecule has 3 aromatic rings. The summed E-state index contributed by atoms with van der Waals surface area (Å²) in [6.07, 6.45) is -1.68. The molecule has 0 saturated carbocycles. The van der Waals surface area contributed by atoms with Crippen LogP contribution >= 0.6 is 0 Å². The summed E-state index contributed by atoms with van der Waals surface area (Å²) < 4.78 is 55.7. The Labute approximate surface area is 151 Å². The summed E-state index contributed by atoms with van der Waals surface area (Å²) in [5, 5.41) is 11.4. The zero-order valence-corrected chi connectivity index (χ0v) is 14.1. The number of halogens is 4. The van der Waals surface area contributed by atoms with Crippen LogP contribution in [0.2, 0.25) is 0 Å².